The van der Waals surface area contributed by atoms with Gasteiger partial charge >= 0.3 is 0 Å². The molecule has 0 saturated carbocycles. The summed E-state index contributed by atoms with van der Waals surface area (Å²) in [6.45, 7) is 1.99. The summed E-state index contributed by atoms with van der Waals surface area (Å²) in [5.41, 5.74) is 0.936. The Labute approximate surface area is 92.6 Å². The summed E-state index contributed by atoms with van der Waals surface area (Å²) in [6.07, 6.45) is 1.74. The molecule has 1 aromatic rings. The Kier molecular flexibility index (Phi) is 4.29. The van der Waals surface area contributed by atoms with Crippen LogP contribution in [0.15, 0.2) is 18.2 Å². The van der Waals surface area contributed by atoms with Gasteiger partial charge in [0, 0.05) is 5.02 Å². The van der Waals surface area contributed by atoms with Crippen LogP contribution in [0, 0.1) is 6.92 Å². The van der Waals surface area contributed by atoms with Crippen LogP contribution in [0.25, 0.3) is 0 Å². The van der Waals surface area contributed by atoms with Crippen molar-refractivity contribution in [1.29, 1.82) is 0 Å². The molecule has 0 fully saturated rings. The van der Waals surface area contributed by atoms with Crippen LogP contribution in [0.1, 0.15) is 5.56 Å². The Bertz CT molecular complexity index is 339. The molecular formula is C10H11ClO2S. The van der Waals surface area contributed by atoms with E-state index < -0.39 is 0 Å². The van der Waals surface area contributed by atoms with E-state index in [-0.39, 0.29) is 11.7 Å². The number of carbonyl (C=O) groups is 1. The summed E-state index contributed by atoms with van der Waals surface area (Å²) in [5, 5.41) is 0.686. The van der Waals surface area contributed by atoms with Crippen molar-refractivity contribution >= 4 is 28.5 Å². The molecule has 0 amide bonds. The molecule has 1 rings (SSSR count). The molecule has 0 heterocycles. The average Bonchev–Trinajstić information content (AvgIpc) is 2.16. The summed E-state index contributed by atoms with van der Waals surface area (Å²) in [6, 6.07) is 5.32. The summed E-state index contributed by atoms with van der Waals surface area (Å²) in [5.74, 6) is 0.705. The zero-order valence-electron chi connectivity index (χ0n) is 8.04. The minimum atomic E-state index is 0.0133. The van der Waals surface area contributed by atoms with Crippen molar-refractivity contribution in [3.8, 4) is 5.75 Å². The predicted octanol–water partition coefficient (Wildman–Crippen LogP) is 2.92. The zero-order valence-corrected chi connectivity index (χ0v) is 9.61. The van der Waals surface area contributed by atoms with E-state index >= 15 is 0 Å². The number of ether oxygens (including phenoxy) is 1. The van der Waals surface area contributed by atoms with E-state index in [4.69, 9.17) is 16.3 Å². The zero-order chi connectivity index (χ0) is 10.6. The number of benzene rings is 1. The van der Waals surface area contributed by atoms with Crippen molar-refractivity contribution < 1.29 is 9.53 Å². The summed E-state index contributed by atoms with van der Waals surface area (Å²) < 4.78 is 5.32. The minimum absolute atomic E-state index is 0.0133. The first-order valence-corrected chi connectivity index (χ1v) is 5.69. The van der Waals surface area contributed by atoms with Crippen molar-refractivity contribution in [3.63, 3.8) is 0 Å². The van der Waals surface area contributed by atoms with E-state index in [0.29, 0.717) is 10.8 Å². The Balaban J connectivity index is 2.63. The fraction of sp³-hybridized carbons (Fsp3) is 0.300. The van der Waals surface area contributed by atoms with Crippen molar-refractivity contribution in [2.75, 3.05) is 12.9 Å². The molecular weight excluding hydrogens is 220 g/mol. The molecule has 0 aromatic heterocycles. The van der Waals surface area contributed by atoms with Crippen LogP contribution in [0.4, 0.5) is 0 Å². The van der Waals surface area contributed by atoms with Crippen LogP contribution in [-0.4, -0.2) is 18.0 Å². The highest BCUT2D eigenvalue weighted by molar-refractivity contribution is 8.13. The van der Waals surface area contributed by atoms with E-state index in [9.17, 15) is 4.79 Å². The Hall–Kier alpha value is -0.670. The molecule has 14 heavy (non-hydrogen) atoms. The lowest BCUT2D eigenvalue weighted by Gasteiger charge is -2.07. The monoisotopic (exact) mass is 230 g/mol. The third-order valence-electron chi connectivity index (χ3n) is 1.71. The fourth-order valence-corrected chi connectivity index (χ4v) is 1.37. The molecule has 0 unspecified atom stereocenters. The highest BCUT2D eigenvalue weighted by atomic mass is 35.5. The van der Waals surface area contributed by atoms with Crippen LogP contribution < -0.4 is 4.74 Å². The van der Waals surface area contributed by atoms with Gasteiger partial charge in [-0.2, -0.15) is 0 Å². The number of halogens is 1. The molecule has 0 atom stereocenters. The fourth-order valence-electron chi connectivity index (χ4n) is 0.970. The molecule has 1 aromatic carbocycles. The summed E-state index contributed by atoms with van der Waals surface area (Å²) in [7, 11) is 0. The van der Waals surface area contributed by atoms with Gasteiger partial charge in [-0.05, 0) is 36.9 Å². The van der Waals surface area contributed by atoms with Crippen LogP contribution >= 0.6 is 23.4 Å². The van der Waals surface area contributed by atoms with Crippen molar-refractivity contribution in [3.05, 3.63) is 28.8 Å². The minimum Gasteiger partial charge on any atom is -0.485 e. The third-order valence-corrected chi connectivity index (χ3v) is 2.52. The van der Waals surface area contributed by atoms with Gasteiger partial charge in [0.15, 0.2) is 6.61 Å². The van der Waals surface area contributed by atoms with Gasteiger partial charge in [-0.3, -0.25) is 4.79 Å². The Morgan fingerprint density at radius 2 is 2.29 bits per heavy atom. The van der Waals surface area contributed by atoms with E-state index in [1.54, 1.807) is 24.5 Å². The summed E-state index contributed by atoms with van der Waals surface area (Å²) in [4.78, 5) is 11.0. The van der Waals surface area contributed by atoms with Gasteiger partial charge in [0.05, 0.1) is 0 Å². The average molecular weight is 231 g/mol. The molecule has 0 N–H and O–H groups in total. The number of aryl methyl sites for hydroxylation is 1. The van der Waals surface area contributed by atoms with E-state index in [1.807, 2.05) is 6.92 Å². The topological polar surface area (TPSA) is 26.3 Å². The second kappa shape index (κ2) is 5.27. The van der Waals surface area contributed by atoms with Gasteiger partial charge < -0.3 is 4.74 Å². The van der Waals surface area contributed by atoms with E-state index in [0.717, 1.165) is 17.3 Å². The lowest BCUT2D eigenvalue weighted by molar-refractivity contribution is -0.112. The molecule has 0 aliphatic heterocycles. The standard InChI is InChI=1S/C10H11ClO2S/c1-7-5-8(11)3-4-9(7)13-6-10(12)14-2/h3-5H,6H2,1-2H3. The molecule has 2 nitrogen and oxygen atoms in total. The first-order chi connectivity index (χ1) is 6.63. The molecule has 0 radical (unpaired) electrons. The molecule has 0 aliphatic carbocycles. The molecule has 0 bridgehead atoms. The lowest BCUT2D eigenvalue weighted by atomic mass is 10.2. The van der Waals surface area contributed by atoms with Gasteiger partial charge in [0.25, 0.3) is 0 Å². The lowest BCUT2D eigenvalue weighted by Crippen LogP contribution is -2.07. The van der Waals surface area contributed by atoms with Crippen molar-refractivity contribution in [1.82, 2.24) is 0 Å². The second-order valence-corrected chi connectivity index (χ2v) is 4.07. The predicted molar refractivity (Wildman–Crippen MR) is 60.2 cm³/mol. The normalized spacial score (nSPS) is 9.93. The molecule has 76 valence electrons. The largest absolute Gasteiger partial charge is 0.485 e. The first-order valence-electron chi connectivity index (χ1n) is 4.09. The van der Waals surface area contributed by atoms with E-state index in [1.165, 1.54) is 0 Å². The van der Waals surface area contributed by atoms with Crippen LogP contribution in [0.3, 0.4) is 0 Å². The first kappa shape index (κ1) is 11.4. The molecule has 0 spiro atoms. The van der Waals surface area contributed by atoms with Crippen molar-refractivity contribution in [2.24, 2.45) is 0 Å². The SMILES string of the molecule is CSC(=O)COc1ccc(Cl)cc1C. The highest BCUT2D eigenvalue weighted by Gasteiger charge is 2.03. The number of hydrogen-bond acceptors (Lipinski definition) is 3. The quantitative estimate of drug-likeness (QED) is 0.799. The number of rotatable bonds is 3. The Morgan fingerprint density at radius 1 is 1.57 bits per heavy atom. The molecule has 0 saturated heterocycles. The maximum absolute atomic E-state index is 11.0. The van der Waals surface area contributed by atoms with E-state index in [2.05, 4.69) is 0 Å². The number of hydrogen-bond donors (Lipinski definition) is 0. The highest BCUT2D eigenvalue weighted by Crippen LogP contribution is 2.21. The second-order valence-electron chi connectivity index (χ2n) is 2.77. The van der Waals surface area contributed by atoms with Gasteiger partial charge in [-0.1, -0.05) is 23.4 Å². The van der Waals surface area contributed by atoms with Crippen LogP contribution in [-0.2, 0) is 4.79 Å². The summed E-state index contributed by atoms with van der Waals surface area (Å²) >= 11 is 6.94. The molecule has 4 heteroatoms. The van der Waals surface area contributed by atoms with Crippen LogP contribution in [0.5, 0.6) is 5.75 Å². The van der Waals surface area contributed by atoms with Gasteiger partial charge in [0.2, 0.25) is 5.12 Å². The maximum Gasteiger partial charge on any atom is 0.226 e. The van der Waals surface area contributed by atoms with Gasteiger partial charge in [-0.15, -0.1) is 0 Å². The number of thioether (sulfide) groups is 1. The van der Waals surface area contributed by atoms with Crippen molar-refractivity contribution in [2.45, 2.75) is 6.92 Å². The Morgan fingerprint density at radius 3 is 2.86 bits per heavy atom. The number of carbonyl (C=O) groups excluding carboxylic acids is 1. The van der Waals surface area contributed by atoms with Gasteiger partial charge in [0.1, 0.15) is 5.75 Å². The maximum atomic E-state index is 11.0. The smallest absolute Gasteiger partial charge is 0.226 e. The van der Waals surface area contributed by atoms with Gasteiger partial charge in [-0.25, -0.2) is 0 Å². The third kappa shape index (κ3) is 3.24. The molecule has 0 aliphatic rings. The van der Waals surface area contributed by atoms with Crippen LogP contribution in [0.2, 0.25) is 5.02 Å².